The van der Waals surface area contributed by atoms with Crippen LogP contribution in [0, 0.1) is 0 Å². The monoisotopic (exact) mass is 898 g/mol. The summed E-state index contributed by atoms with van der Waals surface area (Å²) in [6, 6.07) is 72.7. The molecule has 2 aromatic heterocycles. The van der Waals surface area contributed by atoms with Gasteiger partial charge in [0.05, 0.1) is 27.7 Å². The van der Waals surface area contributed by atoms with Gasteiger partial charge in [0.1, 0.15) is 0 Å². The van der Waals surface area contributed by atoms with E-state index in [9.17, 15) is 0 Å². The van der Waals surface area contributed by atoms with E-state index in [1.54, 1.807) is 0 Å². The van der Waals surface area contributed by atoms with E-state index >= 15 is 0 Å². The average Bonchev–Trinajstić information content (AvgIpc) is 4.04. The quantitative estimate of drug-likeness (QED) is 0.108. The van der Waals surface area contributed by atoms with Gasteiger partial charge in [-0.1, -0.05) is 183 Å². The molecule has 70 heavy (non-hydrogen) atoms. The van der Waals surface area contributed by atoms with Crippen LogP contribution in [0.4, 0.5) is 0 Å². The number of amidine groups is 1. The molecule has 0 N–H and O–H groups in total. The lowest BCUT2D eigenvalue weighted by atomic mass is 9.65. The zero-order valence-corrected chi connectivity index (χ0v) is 39.2. The molecule has 0 saturated heterocycles. The predicted molar refractivity (Wildman–Crippen MR) is 294 cm³/mol. The maximum atomic E-state index is 5.32. The average molecular weight is 899 g/mol. The molecule has 13 rings (SSSR count). The van der Waals surface area contributed by atoms with Crippen molar-refractivity contribution in [3.05, 3.63) is 281 Å². The minimum Gasteiger partial charge on any atom is -0.313 e. The van der Waals surface area contributed by atoms with Crippen LogP contribution >= 0.6 is 0 Å². The number of hydrogen-bond acceptors (Lipinski definition) is 1. The summed E-state index contributed by atoms with van der Waals surface area (Å²) in [5, 5.41) is 3.79. The summed E-state index contributed by atoms with van der Waals surface area (Å²) in [5.74, 6) is 0.632. The van der Waals surface area contributed by atoms with Crippen molar-refractivity contribution in [1.29, 1.82) is 0 Å². The molecule has 0 aliphatic heterocycles. The van der Waals surface area contributed by atoms with Crippen molar-refractivity contribution in [1.82, 2.24) is 9.13 Å². The molecule has 3 aliphatic rings. The third-order valence-electron chi connectivity index (χ3n) is 14.9. The Morgan fingerprint density at radius 2 is 1.13 bits per heavy atom. The van der Waals surface area contributed by atoms with Crippen molar-refractivity contribution in [2.75, 3.05) is 0 Å². The van der Waals surface area contributed by atoms with Crippen LogP contribution in [0.1, 0.15) is 76.4 Å². The number of fused-ring (bicyclic) bond motifs is 8. The highest BCUT2D eigenvalue weighted by Crippen LogP contribution is 2.57. The van der Waals surface area contributed by atoms with Crippen LogP contribution in [0.2, 0.25) is 0 Å². The first-order valence-corrected chi connectivity index (χ1v) is 24.5. The summed E-state index contributed by atoms with van der Waals surface area (Å²) in [6.45, 7) is 6.48. The van der Waals surface area contributed by atoms with Crippen LogP contribution in [0.15, 0.2) is 241 Å². The normalized spacial score (nSPS) is 16.5. The highest BCUT2D eigenvalue weighted by atomic mass is 15.0. The fraction of sp³-hybridized carbons (Fsp3) is 0.0909. The molecule has 10 aromatic rings. The molecule has 0 spiro atoms. The van der Waals surface area contributed by atoms with Crippen molar-refractivity contribution < 1.29 is 0 Å². The first-order chi connectivity index (χ1) is 34.6. The molecule has 0 fully saturated rings. The number of nitrogens with zero attached hydrogens (tertiary/aromatic N) is 4. The van der Waals surface area contributed by atoms with E-state index in [4.69, 9.17) is 9.98 Å². The molecule has 0 radical (unpaired) electrons. The van der Waals surface area contributed by atoms with Crippen LogP contribution in [-0.4, -0.2) is 20.7 Å². The number of rotatable bonds is 8. The number of aromatic nitrogens is 2. The van der Waals surface area contributed by atoms with Crippen molar-refractivity contribution >= 4 is 61.6 Å². The summed E-state index contributed by atoms with van der Waals surface area (Å²) >= 11 is 0. The Bertz CT molecular complexity index is 3890. The Morgan fingerprint density at radius 3 is 1.96 bits per heavy atom. The highest BCUT2D eigenvalue weighted by Gasteiger charge is 2.47. The van der Waals surface area contributed by atoms with Crippen LogP contribution in [0.5, 0.6) is 0 Å². The smallest absolute Gasteiger partial charge is 0.160 e. The number of aliphatic imine (C=N–C) groups is 2. The van der Waals surface area contributed by atoms with Gasteiger partial charge in [-0.15, -0.1) is 0 Å². The summed E-state index contributed by atoms with van der Waals surface area (Å²) in [7, 11) is 0. The highest BCUT2D eigenvalue weighted by molar-refractivity contribution is 6.15. The Labute approximate surface area is 409 Å². The lowest BCUT2D eigenvalue weighted by Crippen LogP contribution is -2.30. The minimum atomic E-state index is -0.555. The fourth-order valence-corrected chi connectivity index (χ4v) is 11.8. The zero-order valence-electron chi connectivity index (χ0n) is 39.2. The van der Waals surface area contributed by atoms with E-state index in [0.29, 0.717) is 11.5 Å². The second-order valence-electron chi connectivity index (χ2n) is 18.8. The van der Waals surface area contributed by atoms with E-state index < -0.39 is 5.41 Å². The Morgan fingerprint density at radius 1 is 0.500 bits per heavy atom. The van der Waals surface area contributed by atoms with Gasteiger partial charge in [-0.3, -0.25) is 0 Å². The third-order valence-corrected chi connectivity index (χ3v) is 14.9. The second kappa shape index (κ2) is 16.9. The Balaban J connectivity index is 1.01. The van der Waals surface area contributed by atoms with Gasteiger partial charge in [-0.05, 0) is 126 Å². The molecular formula is C66H50N4. The summed E-state index contributed by atoms with van der Waals surface area (Å²) in [6.07, 6.45) is 13.4. The topological polar surface area (TPSA) is 34.6 Å². The zero-order chi connectivity index (χ0) is 46.8. The van der Waals surface area contributed by atoms with Crippen LogP contribution < -0.4 is 0 Å². The van der Waals surface area contributed by atoms with Gasteiger partial charge in [0.25, 0.3) is 0 Å². The van der Waals surface area contributed by atoms with E-state index in [-0.39, 0.29) is 0 Å². The van der Waals surface area contributed by atoms with Crippen molar-refractivity contribution in [3.8, 4) is 11.4 Å². The summed E-state index contributed by atoms with van der Waals surface area (Å²) in [5.41, 5.74) is 20.6. The largest absolute Gasteiger partial charge is 0.313 e. The van der Waals surface area contributed by atoms with Crippen molar-refractivity contribution in [2.45, 2.75) is 38.0 Å². The standard InChI is InChI=1S/C66H50N4/c1-44(46-22-6-3-7-23-46)67-65(47-24-8-4-9-25-47)68-45(2)48-26-20-27-49(40-48)66(59-36-16-12-32-53(59)54-33-13-17-37-60(54)66)50-28-21-31-52(41-50)70-62-39-19-15-35-56(62)58-42-63-57(43-64(58)70)55-34-14-18-38-61(55)69(63)51-29-10-5-11-30-51/h3-16,18,20-36,38,40-43H,1,17,19,37,39H2,2H3. The molecule has 4 heteroatoms. The SMILES string of the molecule is C=C(N=C(N=C(C)c1cccc(C2(c3cccc(-n4c5c(c6cc7c(cc64)c4ccccc4n7-c4ccccc4)C=CCC5)c3)C3=C(C=CCC3)c3ccccc32)c1)c1ccccc1)c1ccccc1. The van der Waals surface area contributed by atoms with Crippen LogP contribution in [-0.2, 0) is 11.8 Å². The van der Waals surface area contributed by atoms with Gasteiger partial charge in [0.2, 0.25) is 0 Å². The first kappa shape index (κ1) is 41.6. The lowest BCUT2D eigenvalue weighted by Gasteiger charge is -2.37. The maximum absolute atomic E-state index is 5.32. The van der Waals surface area contributed by atoms with Gasteiger partial charge in [-0.25, -0.2) is 9.98 Å². The molecule has 0 bridgehead atoms. The van der Waals surface area contributed by atoms with E-state index in [0.717, 1.165) is 48.1 Å². The molecular weight excluding hydrogens is 849 g/mol. The van der Waals surface area contributed by atoms with Crippen LogP contribution in [0.3, 0.4) is 0 Å². The molecule has 1 unspecified atom stereocenters. The van der Waals surface area contributed by atoms with Gasteiger partial charge >= 0.3 is 0 Å². The number of allylic oxidation sites excluding steroid dienone is 5. The summed E-state index contributed by atoms with van der Waals surface area (Å²) in [4.78, 5) is 10.4. The number of para-hydroxylation sites is 2. The third kappa shape index (κ3) is 6.58. The number of benzene rings is 8. The fourth-order valence-electron chi connectivity index (χ4n) is 11.8. The molecule has 3 aliphatic carbocycles. The molecule has 1 atom stereocenters. The van der Waals surface area contributed by atoms with Gasteiger partial charge in [-0.2, -0.15) is 0 Å². The minimum absolute atomic E-state index is 0.555. The summed E-state index contributed by atoms with van der Waals surface area (Å²) < 4.78 is 5.01. The molecule has 8 aromatic carbocycles. The number of hydrogen-bond donors (Lipinski definition) is 0. The van der Waals surface area contributed by atoms with Crippen molar-refractivity contribution in [3.63, 3.8) is 0 Å². The Hall–Kier alpha value is -8.60. The lowest BCUT2D eigenvalue weighted by molar-refractivity contribution is 0.695. The van der Waals surface area contributed by atoms with E-state index in [1.165, 1.54) is 88.7 Å². The molecule has 0 amide bonds. The molecule has 334 valence electrons. The Kier molecular flexibility index (Phi) is 10.0. The second-order valence-corrected chi connectivity index (χ2v) is 18.8. The van der Waals surface area contributed by atoms with E-state index in [2.05, 4.69) is 199 Å². The molecule has 4 nitrogen and oxygen atoms in total. The van der Waals surface area contributed by atoms with Gasteiger partial charge in [0.15, 0.2) is 5.84 Å². The molecule has 0 saturated carbocycles. The van der Waals surface area contributed by atoms with E-state index in [1.807, 2.05) is 48.5 Å². The van der Waals surface area contributed by atoms with Gasteiger partial charge in [0, 0.05) is 50.1 Å². The predicted octanol–water partition coefficient (Wildman–Crippen LogP) is 16.1. The molecule has 2 heterocycles. The van der Waals surface area contributed by atoms with Gasteiger partial charge < -0.3 is 9.13 Å². The first-order valence-electron chi connectivity index (χ1n) is 24.5. The van der Waals surface area contributed by atoms with Crippen molar-refractivity contribution in [2.24, 2.45) is 9.98 Å². The van der Waals surface area contributed by atoms with Crippen LogP contribution in [0.25, 0.3) is 61.4 Å². The maximum Gasteiger partial charge on any atom is 0.160 e.